The maximum Gasteiger partial charge on any atom is 0.254 e. The van der Waals surface area contributed by atoms with E-state index in [1.54, 1.807) is 37.1 Å². The number of fused-ring (bicyclic) bond motifs is 1. The van der Waals surface area contributed by atoms with E-state index in [1.165, 1.54) is 0 Å². The van der Waals surface area contributed by atoms with Gasteiger partial charge >= 0.3 is 0 Å². The molecule has 2 aliphatic rings. The third kappa shape index (κ3) is 2.75. The van der Waals surface area contributed by atoms with Gasteiger partial charge in [-0.3, -0.25) is 14.7 Å². The van der Waals surface area contributed by atoms with Crippen LogP contribution in [-0.2, 0) is 4.79 Å². The number of likely N-dealkylation sites (tertiary alicyclic amines) is 1. The Labute approximate surface area is 149 Å². The molecule has 0 bridgehead atoms. The quantitative estimate of drug-likeness (QED) is 0.825. The van der Waals surface area contributed by atoms with Crippen molar-refractivity contribution in [2.75, 3.05) is 26.9 Å². The van der Waals surface area contributed by atoms with Crippen LogP contribution in [0.25, 0.3) is 0 Å². The SMILES string of the molecule is CNC(=O)[C@@H]1CN(C(=O)c2ccc3c(c2)OCO3)C[C@H]1c1n[nH]c(C)n1. The Morgan fingerprint density at radius 3 is 2.81 bits per heavy atom. The van der Waals surface area contributed by atoms with E-state index in [0.29, 0.717) is 41.8 Å². The summed E-state index contributed by atoms with van der Waals surface area (Å²) in [5, 5.41) is 9.66. The Morgan fingerprint density at radius 1 is 1.27 bits per heavy atom. The standard InChI is InChI=1S/C17H19N5O4/c1-9-19-15(21-20-9)11-6-22(7-12(11)16(23)18-2)17(24)10-3-4-13-14(5-10)26-8-25-13/h3-5,11-12H,6-8H2,1-2H3,(H,18,23)(H,19,20,21)/t11-,12-/m1/s1. The first-order chi connectivity index (χ1) is 12.6. The van der Waals surface area contributed by atoms with Crippen LogP contribution >= 0.6 is 0 Å². The molecule has 2 atom stereocenters. The highest BCUT2D eigenvalue weighted by Crippen LogP contribution is 2.35. The lowest BCUT2D eigenvalue weighted by atomic mass is 9.94. The molecule has 0 spiro atoms. The highest BCUT2D eigenvalue weighted by Gasteiger charge is 2.42. The van der Waals surface area contributed by atoms with Gasteiger partial charge in [0.25, 0.3) is 5.91 Å². The molecule has 0 radical (unpaired) electrons. The van der Waals surface area contributed by atoms with E-state index in [1.807, 2.05) is 0 Å². The number of hydrogen-bond acceptors (Lipinski definition) is 6. The maximum absolute atomic E-state index is 12.9. The Kier molecular flexibility index (Phi) is 3.98. The van der Waals surface area contributed by atoms with Gasteiger partial charge < -0.3 is 19.7 Å². The normalized spacial score (nSPS) is 21.1. The molecular formula is C17H19N5O4. The van der Waals surface area contributed by atoms with Gasteiger partial charge in [-0.25, -0.2) is 4.98 Å². The topological polar surface area (TPSA) is 109 Å². The van der Waals surface area contributed by atoms with E-state index >= 15 is 0 Å². The monoisotopic (exact) mass is 357 g/mol. The van der Waals surface area contributed by atoms with Crippen LogP contribution in [-0.4, -0.2) is 58.8 Å². The molecule has 1 saturated heterocycles. The summed E-state index contributed by atoms with van der Waals surface area (Å²) in [6, 6.07) is 5.09. The predicted octanol–water partition coefficient (Wildman–Crippen LogP) is 0.444. The largest absolute Gasteiger partial charge is 0.454 e. The Hall–Kier alpha value is -3.10. The van der Waals surface area contributed by atoms with E-state index in [0.717, 1.165) is 0 Å². The third-order valence-corrected chi connectivity index (χ3v) is 4.76. The number of nitrogens with one attached hydrogen (secondary N) is 2. The molecule has 4 rings (SSSR count). The van der Waals surface area contributed by atoms with Crippen LogP contribution in [0.4, 0.5) is 0 Å². The molecule has 2 N–H and O–H groups in total. The lowest BCUT2D eigenvalue weighted by molar-refractivity contribution is -0.124. The minimum absolute atomic E-state index is 0.126. The van der Waals surface area contributed by atoms with Crippen molar-refractivity contribution in [1.29, 1.82) is 0 Å². The van der Waals surface area contributed by atoms with Crippen molar-refractivity contribution in [3.63, 3.8) is 0 Å². The summed E-state index contributed by atoms with van der Waals surface area (Å²) in [7, 11) is 1.59. The van der Waals surface area contributed by atoms with Gasteiger partial charge in [0.2, 0.25) is 12.7 Å². The summed E-state index contributed by atoms with van der Waals surface area (Å²) < 4.78 is 10.6. The average Bonchev–Trinajstić information content (AvgIpc) is 3.38. The van der Waals surface area contributed by atoms with Gasteiger partial charge in [0, 0.05) is 25.7 Å². The number of nitrogens with zero attached hydrogens (tertiary/aromatic N) is 3. The minimum atomic E-state index is -0.395. The first-order valence-corrected chi connectivity index (χ1v) is 8.36. The first-order valence-electron chi connectivity index (χ1n) is 8.36. The van der Waals surface area contributed by atoms with Gasteiger partial charge in [-0.2, -0.15) is 5.10 Å². The second-order valence-corrected chi connectivity index (χ2v) is 6.38. The summed E-state index contributed by atoms with van der Waals surface area (Å²) >= 11 is 0. The van der Waals surface area contributed by atoms with E-state index in [-0.39, 0.29) is 24.5 Å². The molecule has 1 aromatic heterocycles. The third-order valence-electron chi connectivity index (χ3n) is 4.76. The van der Waals surface area contributed by atoms with Crippen LogP contribution in [0.15, 0.2) is 18.2 Å². The molecule has 0 aliphatic carbocycles. The number of aryl methyl sites for hydroxylation is 1. The van der Waals surface area contributed by atoms with Crippen molar-refractivity contribution in [3.05, 3.63) is 35.4 Å². The molecule has 2 amide bonds. The van der Waals surface area contributed by atoms with Crippen molar-refractivity contribution in [2.24, 2.45) is 5.92 Å². The molecular weight excluding hydrogens is 338 g/mol. The lowest BCUT2D eigenvalue weighted by Crippen LogP contribution is -2.33. The fourth-order valence-corrected chi connectivity index (χ4v) is 3.42. The second kappa shape index (κ2) is 6.32. The number of ether oxygens (including phenoxy) is 2. The van der Waals surface area contributed by atoms with E-state index in [2.05, 4.69) is 20.5 Å². The number of H-pyrrole nitrogens is 1. The van der Waals surface area contributed by atoms with Crippen molar-refractivity contribution in [2.45, 2.75) is 12.8 Å². The highest BCUT2D eigenvalue weighted by molar-refractivity contribution is 5.96. The van der Waals surface area contributed by atoms with Gasteiger partial charge in [0.15, 0.2) is 17.3 Å². The Bertz CT molecular complexity index is 865. The molecule has 0 saturated carbocycles. The molecule has 1 fully saturated rings. The molecule has 9 heteroatoms. The van der Waals surface area contributed by atoms with Crippen LogP contribution in [0.1, 0.15) is 27.9 Å². The van der Waals surface area contributed by atoms with Gasteiger partial charge in [-0.05, 0) is 25.1 Å². The molecule has 2 aromatic rings. The van der Waals surface area contributed by atoms with Crippen molar-refractivity contribution >= 4 is 11.8 Å². The number of aromatic nitrogens is 3. The van der Waals surface area contributed by atoms with Crippen LogP contribution in [0.2, 0.25) is 0 Å². The summed E-state index contributed by atoms with van der Waals surface area (Å²) in [6.07, 6.45) is 0. The number of carbonyl (C=O) groups excluding carboxylic acids is 2. The zero-order chi connectivity index (χ0) is 18.3. The molecule has 2 aliphatic heterocycles. The zero-order valence-corrected chi connectivity index (χ0v) is 14.5. The molecule has 9 nitrogen and oxygen atoms in total. The van der Waals surface area contributed by atoms with Crippen molar-refractivity contribution < 1.29 is 19.1 Å². The second-order valence-electron chi connectivity index (χ2n) is 6.38. The number of benzene rings is 1. The van der Waals surface area contributed by atoms with Gasteiger partial charge in [0.1, 0.15) is 5.82 Å². The van der Waals surface area contributed by atoms with Crippen LogP contribution in [0.5, 0.6) is 11.5 Å². The van der Waals surface area contributed by atoms with Crippen molar-refractivity contribution in [1.82, 2.24) is 25.4 Å². The fraction of sp³-hybridized carbons (Fsp3) is 0.412. The highest BCUT2D eigenvalue weighted by atomic mass is 16.7. The number of aromatic amines is 1. The van der Waals surface area contributed by atoms with Crippen molar-refractivity contribution in [3.8, 4) is 11.5 Å². The molecule has 26 heavy (non-hydrogen) atoms. The van der Waals surface area contributed by atoms with Crippen LogP contribution in [0, 0.1) is 12.8 Å². The van der Waals surface area contributed by atoms with Gasteiger partial charge in [-0.15, -0.1) is 0 Å². The lowest BCUT2D eigenvalue weighted by Gasteiger charge is -2.16. The number of hydrogen-bond donors (Lipinski definition) is 2. The summed E-state index contributed by atoms with van der Waals surface area (Å²) in [5.41, 5.74) is 0.497. The van der Waals surface area contributed by atoms with E-state index in [4.69, 9.17) is 9.47 Å². The van der Waals surface area contributed by atoms with Gasteiger partial charge in [0.05, 0.1) is 11.8 Å². The fourth-order valence-electron chi connectivity index (χ4n) is 3.42. The zero-order valence-electron chi connectivity index (χ0n) is 14.5. The molecule has 1 aromatic carbocycles. The predicted molar refractivity (Wildman–Crippen MR) is 89.9 cm³/mol. The first kappa shape index (κ1) is 16.4. The minimum Gasteiger partial charge on any atom is -0.454 e. The summed E-state index contributed by atoms with van der Waals surface area (Å²) in [4.78, 5) is 31.3. The van der Waals surface area contributed by atoms with Crippen LogP contribution < -0.4 is 14.8 Å². The van der Waals surface area contributed by atoms with Crippen LogP contribution in [0.3, 0.4) is 0 Å². The average molecular weight is 357 g/mol. The Balaban J connectivity index is 1.59. The van der Waals surface area contributed by atoms with E-state index in [9.17, 15) is 9.59 Å². The van der Waals surface area contributed by atoms with Gasteiger partial charge in [-0.1, -0.05) is 0 Å². The Morgan fingerprint density at radius 2 is 2.08 bits per heavy atom. The molecule has 136 valence electrons. The maximum atomic E-state index is 12.9. The number of carbonyl (C=O) groups is 2. The summed E-state index contributed by atoms with van der Waals surface area (Å²) in [6.45, 7) is 2.64. The molecule has 0 unspecified atom stereocenters. The summed E-state index contributed by atoms with van der Waals surface area (Å²) in [5.74, 6) is 1.48. The number of rotatable bonds is 3. The number of amides is 2. The van der Waals surface area contributed by atoms with E-state index < -0.39 is 5.92 Å². The smallest absolute Gasteiger partial charge is 0.254 e. The molecule has 3 heterocycles.